The Kier molecular flexibility index (Phi) is 2.50. The van der Waals surface area contributed by atoms with Crippen molar-refractivity contribution in [3.8, 4) is 0 Å². The van der Waals surface area contributed by atoms with Gasteiger partial charge in [0.05, 0.1) is 11.8 Å². The molecule has 1 unspecified atom stereocenters. The number of furan rings is 1. The highest BCUT2D eigenvalue weighted by Crippen LogP contribution is 2.53. The topological polar surface area (TPSA) is 35.4 Å². The molecule has 0 aliphatic carbocycles. The molecule has 4 aliphatic rings. The summed E-state index contributed by atoms with van der Waals surface area (Å²) in [6.07, 6.45) is 5.64. The van der Waals surface area contributed by atoms with Crippen molar-refractivity contribution in [3.63, 3.8) is 0 Å². The average molecular weight is 319 g/mol. The zero-order chi connectivity index (χ0) is 15.7. The lowest BCUT2D eigenvalue weighted by Gasteiger charge is -2.61. The molecule has 4 aliphatic heterocycles. The number of aromatic amines is 1. The number of hydrogen-bond acceptors (Lipinski definition) is 3. The average Bonchev–Trinajstić information content (AvgIpc) is 3.29. The van der Waals surface area contributed by atoms with Gasteiger partial charge in [0.2, 0.25) is 0 Å². The van der Waals surface area contributed by atoms with Gasteiger partial charge in [-0.1, -0.05) is 18.2 Å². The molecule has 2 bridgehead atoms. The Hall–Kier alpha value is -2.04. The summed E-state index contributed by atoms with van der Waals surface area (Å²) in [7, 11) is 0. The van der Waals surface area contributed by atoms with Crippen LogP contribution in [0.5, 0.6) is 0 Å². The lowest BCUT2D eigenvalue weighted by molar-refractivity contribution is -0.155. The third kappa shape index (κ3) is 1.51. The van der Waals surface area contributed by atoms with Gasteiger partial charge in [-0.05, 0) is 43.0 Å². The summed E-state index contributed by atoms with van der Waals surface area (Å²) < 4.78 is 5.82. The first-order valence-corrected chi connectivity index (χ1v) is 9.01. The third-order valence-corrected chi connectivity index (χ3v) is 6.50. The maximum Gasteiger partial charge on any atom is 0.135 e. The largest absolute Gasteiger partial charge is 0.466 e. The Balaban J connectivity index is 1.56. The lowest BCUT2D eigenvalue weighted by atomic mass is 9.74. The molecule has 0 amide bonds. The van der Waals surface area contributed by atoms with Crippen LogP contribution in [0, 0.1) is 0 Å². The molecule has 1 N–H and O–H groups in total. The van der Waals surface area contributed by atoms with Crippen LogP contribution >= 0.6 is 0 Å². The van der Waals surface area contributed by atoms with Gasteiger partial charge >= 0.3 is 0 Å². The van der Waals surface area contributed by atoms with Crippen LogP contribution in [0.3, 0.4) is 0 Å². The van der Waals surface area contributed by atoms with Crippen LogP contribution in [0.1, 0.15) is 36.0 Å². The van der Waals surface area contributed by atoms with Gasteiger partial charge in [0.1, 0.15) is 11.9 Å². The molecule has 1 spiro atoms. The second-order valence-electron chi connectivity index (χ2n) is 7.42. The summed E-state index contributed by atoms with van der Waals surface area (Å²) in [6.45, 7) is 3.41. The van der Waals surface area contributed by atoms with Gasteiger partial charge in [0, 0.05) is 36.2 Å². The second-order valence-corrected chi connectivity index (χ2v) is 7.42. The van der Waals surface area contributed by atoms with E-state index in [1.807, 2.05) is 12.3 Å². The van der Waals surface area contributed by atoms with E-state index in [-0.39, 0.29) is 5.54 Å². The van der Waals surface area contributed by atoms with Crippen LogP contribution in [0.25, 0.3) is 10.9 Å². The van der Waals surface area contributed by atoms with Gasteiger partial charge < -0.3 is 9.40 Å². The number of para-hydroxylation sites is 1. The maximum atomic E-state index is 5.82. The molecular formula is C20H21N3O. The predicted octanol–water partition coefficient (Wildman–Crippen LogP) is 3.62. The van der Waals surface area contributed by atoms with E-state index in [9.17, 15) is 0 Å². The van der Waals surface area contributed by atoms with Crippen molar-refractivity contribution in [2.24, 2.45) is 0 Å². The first-order chi connectivity index (χ1) is 11.9. The highest BCUT2D eigenvalue weighted by Gasteiger charge is 2.55. The van der Waals surface area contributed by atoms with Crippen LogP contribution in [0.15, 0.2) is 47.1 Å². The fraction of sp³-hybridized carbons (Fsp3) is 0.400. The molecule has 4 nitrogen and oxygen atoms in total. The van der Waals surface area contributed by atoms with Gasteiger partial charge in [-0.3, -0.25) is 9.80 Å². The Morgan fingerprint density at radius 1 is 1.04 bits per heavy atom. The summed E-state index contributed by atoms with van der Waals surface area (Å²) >= 11 is 0. The fourth-order valence-electron chi connectivity index (χ4n) is 5.45. The van der Waals surface area contributed by atoms with Crippen LogP contribution in [0.4, 0.5) is 0 Å². The van der Waals surface area contributed by atoms with E-state index in [4.69, 9.17) is 4.42 Å². The molecule has 122 valence electrons. The molecule has 0 radical (unpaired) electrons. The van der Waals surface area contributed by atoms with Crippen LogP contribution in [-0.2, 0) is 12.0 Å². The monoisotopic (exact) mass is 319 g/mol. The maximum absolute atomic E-state index is 5.82. The molecule has 1 atom stereocenters. The van der Waals surface area contributed by atoms with Crippen molar-refractivity contribution >= 4 is 10.9 Å². The van der Waals surface area contributed by atoms with E-state index in [1.54, 1.807) is 5.56 Å². The van der Waals surface area contributed by atoms with Crippen molar-refractivity contribution in [1.82, 2.24) is 14.8 Å². The number of rotatable bonds is 1. The van der Waals surface area contributed by atoms with Gasteiger partial charge in [0.25, 0.3) is 0 Å². The lowest BCUT2D eigenvalue weighted by Crippen LogP contribution is -2.66. The molecular weight excluding hydrogens is 298 g/mol. The standard InChI is InChI=1S/C20H21N3O/c1-2-5-16-14(4-1)15-7-10-23-19(17-6-3-13-24-17)22-11-8-20(23,9-12-22)18(15)21-16/h1-6,13,19,21H,7-12H2. The zero-order valence-electron chi connectivity index (χ0n) is 13.7. The first-order valence-electron chi connectivity index (χ1n) is 9.01. The predicted molar refractivity (Wildman–Crippen MR) is 92.6 cm³/mol. The van der Waals surface area contributed by atoms with Gasteiger partial charge in [-0.15, -0.1) is 0 Å². The number of aromatic nitrogens is 1. The number of hydrogen-bond donors (Lipinski definition) is 1. The van der Waals surface area contributed by atoms with Crippen molar-refractivity contribution in [3.05, 3.63) is 59.7 Å². The molecule has 6 heterocycles. The number of benzene rings is 1. The van der Waals surface area contributed by atoms with Crippen LogP contribution in [0.2, 0.25) is 0 Å². The number of nitrogens with one attached hydrogen (secondary N) is 1. The highest BCUT2D eigenvalue weighted by atomic mass is 16.3. The molecule has 0 saturated carbocycles. The quantitative estimate of drug-likeness (QED) is 0.744. The third-order valence-electron chi connectivity index (χ3n) is 6.50. The summed E-state index contributed by atoms with van der Waals surface area (Å²) in [5.74, 6) is 1.10. The van der Waals surface area contributed by atoms with Crippen LogP contribution in [-0.4, -0.2) is 34.4 Å². The Labute approximate surface area is 141 Å². The number of H-pyrrole nitrogens is 1. The molecule has 2 aromatic heterocycles. The Morgan fingerprint density at radius 3 is 2.75 bits per heavy atom. The number of piperidine rings is 1. The summed E-state index contributed by atoms with van der Waals surface area (Å²) in [6, 6.07) is 12.9. The van der Waals surface area contributed by atoms with Gasteiger partial charge in [-0.2, -0.15) is 0 Å². The molecule has 7 rings (SSSR count). The first kappa shape index (κ1) is 13.3. The van der Waals surface area contributed by atoms with Gasteiger partial charge in [0.15, 0.2) is 0 Å². The van der Waals surface area contributed by atoms with Crippen molar-refractivity contribution < 1.29 is 4.42 Å². The van der Waals surface area contributed by atoms with E-state index in [2.05, 4.69) is 45.1 Å². The van der Waals surface area contributed by atoms with Crippen molar-refractivity contribution in [2.75, 3.05) is 19.6 Å². The minimum Gasteiger partial charge on any atom is -0.466 e. The molecule has 1 aromatic carbocycles. The molecule has 4 heteroatoms. The summed E-state index contributed by atoms with van der Waals surface area (Å²) in [5, 5.41) is 1.42. The number of nitrogens with zero attached hydrogens (tertiary/aromatic N) is 2. The van der Waals surface area contributed by atoms with E-state index in [0.29, 0.717) is 6.17 Å². The molecule has 24 heavy (non-hydrogen) atoms. The second kappa shape index (κ2) is 4.52. The minimum absolute atomic E-state index is 0.152. The molecule has 3 saturated heterocycles. The smallest absolute Gasteiger partial charge is 0.135 e. The zero-order valence-corrected chi connectivity index (χ0v) is 13.7. The van der Waals surface area contributed by atoms with E-state index < -0.39 is 0 Å². The van der Waals surface area contributed by atoms with E-state index in [1.165, 1.54) is 29.4 Å². The highest BCUT2D eigenvalue weighted by molar-refractivity contribution is 5.85. The van der Waals surface area contributed by atoms with Crippen LogP contribution < -0.4 is 0 Å². The van der Waals surface area contributed by atoms with Gasteiger partial charge in [-0.25, -0.2) is 0 Å². The van der Waals surface area contributed by atoms with E-state index in [0.717, 1.165) is 31.8 Å². The Morgan fingerprint density at radius 2 is 1.92 bits per heavy atom. The molecule has 3 fully saturated rings. The van der Waals surface area contributed by atoms with Crippen molar-refractivity contribution in [2.45, 2.75) is 31.0 Å². The van der Waals surface area contributed by atoms with E-state index >= 15 is 0 Å². The summed E-state index contributed by atoms with van der Waals surface area (Å²) in [5.41, 5.74) is 4.47. The minimum atomic E-state index is 0.152. The normalized spacial score (nSPS) is 32.0. The fourth-order valence-corrected chi connectivity index (χ4v) is 5.45. The number of fused-ring (bicyclic) bond motifs is 5. The Bertz CT molecular complexity index is 902. The molecule has 3 aromatic rings. The SMILES string of the molecule is c1coc(C2N3CCC4(CC3)c3[nH]c5ccccc5c3CCN24)c1. The summed E-state index contributed by atoms with van der Waals surface area (Å²) in [4.78, 5) is 9.10. The van der Waals surface area contributed by atoms with Crippen molar-refractivity contribution in [1.29, 1.82) is 0 Å².